The molecule has 0 bridgehead atoms. The van der Waals surface area contributed by atoms with E-state index in [0.717, 1.165) is 35.1 Å². The second-order valence-corrected chi connectivity index (χ2v) is 10.8. The molecule has 0 radical (unpaired) electrons. The van der Waals surface area contributed by atoms with Crippen molar-refractivity contribution in [2.75, 3.05) is 26.7 Å². The van der Waals surface area contributed by atoms with Crippen molar-refractivity contribution in [3.05, 3.63) is 59.7 Å². The quantitative estimate of drug-likeness (QED) is 0.592. The number of alkyl carbamates (subject to hydrolysis) is 1. The van der Waals surface area contributed by atoms with Gasteiger partial charge in [0.05, 0.1) is 0 Å². The van der Waals surface area contributed by atoms with Gasteiger partial charge in [0.25, 0.3) is 0 Å². The Morgan fingerprint density at radius 2 is 1.54 bits per heavy atom. The molecule has 0 unspecified atom stereocenters. The first-order chi connectivity index (χ1) is 17.7. The molecule has 0 saturated carbocycles. The van der Waals surface area contributed by atoms with E-state index in [2.05, 4.69) is 34.9 Å². The summed E-state index contributed by atoms with van der Waals surface area (Å²) in [4.78, 5) is 39.4. The number of nitrogens with zero attached hydrogens (tertiary/aromatic N) is 1. The smallest absolute Gasteiger partial charge is 0.410 e. The zero-order valence-electron chi connectivity index (χ0n) is 22.1. The Hall–Kier alpha value is -3.55. The molecule has 0 aromatic heterocycles. The number of carbonyl (C=O) groups is 3. The number of likely N-dealkylation sites (N-methyl/N-ethyl adjacent to an activating group) is 1. The summed E-state index contributed by atoms with van der Waals surface area (Å²) in [6, 6.07) is 15.6. The van der Waals surface area contributed by atoms with Crippen LogP contribution in [0.2, 0.25) is 0 Å². The molecule has 3 amide bonds. The lowest BCUT2D eigenvalue weighted by atomic mass is 9.90. The van der Waals surface area contributed by atoms with Gasteiger partial charge in [-0.15, -0.1) is 0 Å². The Bertz CT molecular complexity index is 1090. The Morgan fingerprint density at radius 1 is 0.973 bits per heavy atom. The summed E-state index contributed by atoms with van der Waals surface area (Å²) in [5, 5.41) is 5.42. The first kappa shape index (κ1) is 26.5. The van der Waals surface area contributed by atoms with Gasteiger partial charge < -0.3 is 25.0 Å². The number of amides is 3. The van der Waals surface area contributed by atoms with E-state index in [1.54, 1.807) is 11.9 Å². The van der Waals surface area contributed by atoms with Crippen LogP contribution in [0.3, 0.4) is 0 Å². The maximum absolute atomic E-state index is 12.8. The first-order valence-corrected chi connectivity index (χ1v) is 13.0. The van der Waals surface area contributed by atoms with E-state index in [4.69, 9.17) is 9.47 Å². The average Bonchev–Trinajstić information content (AvgIpc) is 3.19. The SMILES string of the molecule is CNC(=O)[C@H](CC1CCN(C(=O)OC(C)(C)C)CC1)NC(=O)OCC1c2ccccc2-c2ccccc21. The third-order valence-corrected chi connectivity index (χ3v) is 7.03. The van der Waals surface area contributed by atoms with Crippen LogP contribution in [0.5, 0.6) is 0 Å². The van der Waals surface area contributed by atoms with Crippen LogP contribution in [0.1, 0.15) is 57.1 Å². The Balaban J connectivity index is 1.32. The maximum atomic E-state index is 12.8. The van der Waals surface area contributed by atoms with Gasteiger partial charge in [-0.25, -0.2) is 9.59 Å². The fourth-order valence-electron chi connectivity index (χ4n) is 5.20. The lowest BCUT2D eigenvalue weighted by Gasteiger charge is -2.34. The van der Waals surface area contributed by atoms with Crippen molar-refractivity contribution in [3.8, 4) is 11.1 Å². The third-order valence-electron chi connectivity index (χ3n) is 7.03. The molecule has 198 valence electrons. The Labute approximate surface area is 218 Å². The average molecular weight is 508 g/mol. The summed E-state index contributed by atoms with van der Waals surface area (Å²) in [5.41, 5.74) is 4.05. The number of ether oxygens (including phenoxy) is 2. The van der Waals surface area contributed by atoms with Crippen LogP contribution in [0, 0.1) is 5.92 Å². The second-order valence-electron chi connectivity index (χ2n) is 10.8. The molecule has 2 aliphatic rings. The maximum Gasteiger partial charge on any atom is 0.410 e. The number of rotatable bonds is 6. The van der Waals surface area contributed by atoms with Crippen molar-refractivity contribution in [1.29, 1.82) is 0 Å². The largest absolute Gasteiger partial charge is 0.449 e. The summed E-state index contributed by atoms with van der Waals surface area (Å²) in [6.45, 7) is 6.85. The molecule has 1 fully saturated rings. The van der Waals surface area contributed by atoms with E-state index >= 15 is 0 Å². The first-order valence-electron chi connectivity index (χ1n) is 13.0. The van der Waals surface area contributed by atoms with E-state index in [9.17, 15) is 14.4 Å². The standard InChI is InChI=1S/C29H37N3O5/c1-29(2,3)37-28(35)32-15-13-19(14-16-32)17-25(26(33)30-4)31-27(34)36-18-24-22-11-7-5-9-20(22)21-10-6-8-12-23(21)24/h5-12,19,24-25H,13-18H2,1-4H3,(H,30,33)(H,31,34)/t25-/m0/s1. The molecule has 1 aliphatic carbocycles. The van der Waals surface area contributed by atoms with Crippen LogP contribution < -0.4 is 10.6 Å². The van der Waals surface area contributed by atoms with E-state index < -0.39 is 17.7 Å². The predicted octanol–water partition coefficient (Wildman–Crippen LogP) is 4.68. The zero-order valence-corrected chi connectivity index (χ0v) is 22.1. The topological polar surface area (TPSA) is 97.0 Å². The van der Waals surface area contributed by atoms with Crippen LogP contribution in [0.4, 0.5) is 9.59 Å². The van der Waals surface area contributed by atoms with Gasteiger partial charge in [0.2, 0.25) is 5.91 Å². The van der Waals surface area contributed by atoms with E-state index in [1.807, 2.05) is 45.0 Å². The van der Waals surface area contributed by atoms with Crippen molar-refractivity contribution >= 4 is 18.1 Å². The van der Waals surface area contributed by atoms with Crippen molar-refractivity contribution in [2.45, 2.75) is 57.6 Å². The highest BCUT2D eigenvalue weighted by Crippen LogP contribution is 2.44. The summed E-state index contributed by atoms with van der Waals surface area (Å²) in [5.74, 6) is -0.119. The number of likely N-dealkylation sites (tertiary alicyclic amines) is 1. The molecule has 1 aliphatic heterocycles. The van der Waals surface area contributed by atoms with Gasteiger partial charge in [-0.05, 0) is 68.2 Å². The fraction of sp³-hybridized carbons (Fsp3) is 0.483. The number of hydrogen-bond acceptors (Lipinski definition) is 5. The molecule has 1 atom stereocenters. The summed E-state index contributed by atoms with van der Waals surface area (Å²) >= 11 is 0. The van der Waals surface area contributed by atoms with Crippen molar-refractivity contribution in [1.82, 2.24) is 15.5 Å². The molecule has 0 spiro atoms. The zero-order chi connectivity index (χ0) is 26.6. The van der Waals surface area contributed by atoms with Gasteiger partial charge in [0.1, 0.15) is 18.2 Å². The molecular weight excluding hydrogens is 470 g/mol. The van der Waals surface area contributed by atoms with Crippen molar-refractivity contribution < 1.29 is 23.9 Å². The van der Waals surface area contributed by atoms with Gasteiger partial charge in [0, 0.05) is 26.1 Å². The minimum absolute atomic E-state index is 0.0474. The molecule has 2 aromatic rings. The molecule has 8 nitrogen and oxygen atoms in total. The number of nitrogens with one attached hydrogen (secondary N) is 2. The van der Waals surface area contributed by atoms with Crippen LogP contribution in [0.15, 0.2) is 48.5 Å². The Morgan fingerprint density at radius 3 is 2.08 bits per heavy atom. The molecule has 37 heavy (non-hydrogen) atoms. The highest BCUT2D eigenvalue weighted by Gasteiger charge is 2.32. The van der Waals surface area contributed by atoms with Crippen molar-refractivity contribution in [3.63, 3.8) is 0 Å². The molecule has 8 heteroatoms. The van der Waals surface area contributed by atoms with Gasteiger partial charge in [-0.3, -0.25) is 4.79 Å². The minimum atomic E-state index is -0.710. The molecular formula is C29H37N3O5. The highest BCUT2D eigenvalue weighted by atomic mass is 16.6. The molecule has 2 N–H and O–H groups in total. The van der Waals surface area contributed by atoms with Gasteiger partial charge in [-0.1, -0.05) is 48.5 Å². The second kappa shape index (κ2) is 11.2. The molecule has 4 rings (SSSR count). The van der Waals surface area contributed by atoms with Gasteiger partial charge in [0.15, 0.2) is 0 Å². The third kappa shape index (κ3) is 6.42. The lowest BCUT2D eigenvalue weighted by molar-refractivity contribution is -0.123. The highest BCUT2D eigenvalue weighted by molar-refractivity contribution is 5.85. The minimum Gasteiger partial charge on any atom is -0.449 e. The number of hydrogen-bond donors (Lipinski definition) is 2. The van der Waals surface area contributed by atoms with Crippen LogP contribution in [-0.2, 0) is 14.3 Å². The van der Waals surface area contributed by atoms with E-state index in [0.29, 0.717) is 19.5 Å². The summed E-state index contributed by atoms with van der Waals surface area (Å²) in [7, 11) is 1.56. The van der Waals surface area contributed by atoms with Gasteiger partial charge >= 0.3 is 12.2 Å². The van der Waals surface area contributed by atoms with E-state index in [-0.39, 0.29) is 30.4 Å². The summed E-state index contributed by atoms with van der Waals surface area (Å²) < 4.78 is 11.1. The predicted molar refractivity (Wildman–Crippen MR) is 141 cm³/mol. The van der Waals surface area contributed by atoms with Crippen molar-refractivity contribution in [2.24, 2.45) is 5.92 Å². The van der Waals surface area contributed by atoms with E-state index in [1.165, 1.54) is 0 Å². The molecule has 2 aromatic carbocycles. The molecule has 1 saturated heterocycles. The van der Waals surface area contributed by atoms with Crippen LogP contribution >= 0.6 is 0 Å². The molecule has 1 heterocycles. The normalized spacial score (nSPS) is 16.4. The number of carbonyl (C=O) groups excluding carboxylic acids is 3. The summed E-state index contributed by atoms with van der Waals surface area (Å²) in [6.07, 6.45) is 1.02. The van der Waals surface area contributed by atoms with Crippen LogP contribution in [-0.4, -0.2) is 61.4 Å². The number of benzene rings is 2. The number of fused-ring (bicyclic) bond motifs is 3. The lowest BCUT2D eigenvalue weighted by Crippen LogP contribution is -2.48. The fourth-order valence-corrected chi connectivity index (χ4v) is 5.20. The monoisotopic (exact) mass is 507 g/mol. The van der Waals surface area contributed by atoms with Gasteiger partial charge in [-0.2, -0.15) is 0 Å². The van der Waals surface area contributed by atoms with Crippen LogP contribution in [0.25, 0.3) is 11.1 Å². The Kier molecular flexibility index (Phi) is 8.05. The number of piperidine rings is 1.